The average molecular weight is 361 g/mol. The van der Waals surface area contributed by atoms with Gasteiger partial charge in [-0.2, -0.15) is 0 Å². The molecule has 2 aromatic rings. The number of nitrogens with one attached hydrogen (secondary N) is 1. The number of para-hydroxylation sites is 1. The van der Waals surface area contributed by atoms with Gasteiger partial charge in [0, 0.05) is 11.9 Å². The molecule has 0 spiro atoms. The number of hydrazine groups is 1. The minimum Gasteiger partial charge on any atom is -0.398 e. The second-order valence-electron chi connectivity index (χ2n) is 6.63. The van der Waals surface area contributed by atoms with Crippen LogP contribution in [0.2, 0.25) is 5.15 Å². The maximum absolute atomic E-state index is 12.9. The van der Waals surface area contributed by atoms with Gasteiger partial charge in [-0.15, -0.1) is 0 Å². The zero-order valence-electron chi connectivity index (χ0n) is 14.6. The molecule has 7 heteroatoms. The number of halogens is 1. The van der Waals surface area contributed by atoms with Crippen molar-refractivity contribution in [2.45, 2.75) is 33.2 Å². The quantitative estimate of drug-likeness (QED) is 0.489. The Balaban J connectivity index is 2.36. The van der Waals surface area contributed by atoms with Gasteiger partial charge in [0.25, 0.3) is 11.8 Å². The minimum atomic E-state index is -0.690. The molecule has 3 N–H and O–H groups in total. The molecule has 2 amide bonds. The zero-order chi connectivity index (χ0) is 18.8. The Kier molecular flexibility index (Phi) is 5.33. The third-order valence-corrected chi connectivity index (χ3v) is 3.95. The molecule has 0 aliphatic heterocycles. The van der Waals surface area contributed by atoms with Crippen LogP contribution in [0.4, 0.5) is 5.69 Å². The number of rotatable bonds is 2. The highest BCUT2D eigenvalue weighted by molar-refractivity contribution is 6.32. The number of carbonyl (C=O) groups excluding carboxylic acids is 2. The Labute approximate surface area is 152 Å². The van der Waals surface area contributed by atoms with Crippen molar-refractivity contribution < 1.29 is 9.59 Å². The van der Waals surface area contributed by atoms with Crippen molar-refractivity contribution in [1.29, 1.82) is 0 Å². The van der Waals surface area contributed by atoms with Crippen LogP contribution < -0.4 is 11.2 Å². The maximum atomic E-state index is 12.9. The van der Waals surface area contributed by atoms with Crippen molar-refractivity contribution in [3.63, 3.8) is 0 Å². The molecule has 6 nitrogen and oxygen atoms in total. The summed E-state index contributed by atoms with van der Waals surface area (Å²) in [4.78, 5) is 29.5. The van der Waals surface area contributed by atoms with Gasteiger partial charge in [-0.25, -0.2) is 9.99 Å². The van der Waals surface area contributed by atoms with E-state index in [1.807, 2.05) is 13.0 Å². The van der Waals surface area contributed by atoms with Gasteiger partial charge in [0.1, 0.15) is 5.15 Å². The first kappa shape index (κ1) is 18.7. The van der Waals surface area contributed by atoms with Gasteiger partial charge < -0.3 is 5.73 Å². The van der Waals surface area contributed by atoms with E-state index >= 15 is 0 Å². The second kappa shape index (κ2) is 7.11. The lowest BCUT2D eigenvalue weighted by atomic mass is 10.1. The van der Waals surface area contributed by atoms with Crippen LogP contribution in [-0.2, 0) is 0 Å². The molecule has 0 aliphatic rings. The molecule has 0 fully saturated rings. The number of hydrogen-bond acceptors (Lipinski definition) is 4. The summed E-state index contributed by atoms with van der Waals surface area (Å²) in [6, 6.07) is 8.33. The maximum Gasteiger partial charge on any atom is 0.275 e. The van der Waals surface area contributed by atoms with Crippen LogP contribution in [0.5, 0.6) is 0 Å². The molecular weight excluding hydrogens is 340 g/mol. The fourth-order valence-electron chi connectivity index (χ4n) is 2.23. The number of hydrogen-bond donors (Lipinski definition) is 2. The van der Waals surface area contributed by atoms with Crippen molar-refractivity contribution in [3.8, 4) is 0 Å². The van der Waals surface area contributed by atoms with E-state index in [1.165, 1.54) is 11.2 Å². The van der Waals surface area contributed by atoms with Crippen molar-refractivity contribution >= 4 is 29.1 Å². The molecule has 1 aromatic heterocycles. The molecule has 0 aliphatic carbocycles. The molecule has 0 saturated carbocycles. The summed E-state index contributed by atoms with van der Waals surface area (Å²) < 4.78 is 0. The Bertz CT molecular complexity index is 815. The fourth-order valence-corrected chi connectivity index (χ4v) is 2.43. The molecule has 132 valence electrons. The number of aryl methyl sites for hydroxylation is 1. The molecule has 0 saturated heterocycles. The van der Waals surface area contributed by atoms with E-state index in [-0.39, 0.29) is 10.7 Å². The van der Waals surface area contributed by atoms with Gasteiger partial charge in [0.15, 0.2) is 0 Å². The van der Waals surface area contributed by atoms with Crippen LogP contribution in [0.25, 0.3) is 0 Å². The Morgan fingerprint density at radius 2 is 1.80 bits per heavy atom. The number of nitrogens with zero attached hydrogens (tertiary/aromatic N) is 2. The highest BCUT2D eigenvalue weighted by atomic mass is 35.5. The number of anilines is 1. The van der Waals surface area contributed by atoms with Crippen molar-refractivity contribution in [3.05, 3.63) is 58.4 Å². The van der Waals surface area contributed by atoms with E-state index < -0.39 is 17.4 Å². The van der Waals surface area contributed by atoms with E-state index in [9.17, 15) is 9.59 Å². The molecule has 25 heavy (non-hydrogen) atoms. The first-order valence-corrected chi connectivity index (χ1v) is 8.12. The normalized spacial score (nSPS) is 11.1. The van der Waals surface area contributed by atoms with E-state index in [0.717, 1.165) is 5.56 Å². The number of pyridine rings is 1. The summed E-state index contributed by atoms with van der Waals surface area (Å²) in [5, 5.41) is 1.31. The number of benzene rings is 1. The van der Waals surface area contributed by atoms with E-state index in [4.69, 9.17) is 17.3 Å². The molecule has 1 aromatic carbocycles. The summed E-state index contributed by atoms with van der Waals surface area (Å²) in [7, 11) is 0. The van der Waals surface area contributed by atoms with E-state index in [0.29, 0.717) is 11.3 Å². The van der Waals surface area contributed by atoms with Crippen LogP contribution in [0, 0.1) is 6.92 Å². The van der Waals surface area contributed by atoms with Crippen molar-refractivity contribution in [1.82, 2.24) is 15.4 Å². The third-order valence-electron chi connectivity index (χ3n) is 3.65. The Hall–Kier alpha value is -2.60. The number of amides is 2. The van der Waals surface area contributed by atoms with Gasteiger partial charge in [-0.3, -0.25) is 15.0 Å². The predicted molar refractivity (Wildman–Crippen MR) is 98.2 cm³/mol. The first-order valence-electron chi connectivity index (χ1n) is 7.74. The molecule has 0 radical (unpaired) electrons. The van der Waals surface area contributed by atoms with Crippen molar-refractivity contribution in [2.75, 3.05) is 5.73 Å². The highest BCUT2D eigenvalue weighted by Gasteiger charge is 2.31. The summed E-state index contributed by atoms with van der Waals surface area (Å²) in [5.74, 6) is -0.922. The monoisotopic (exact) mass is 360 g/mol. The molecule has 0 atom stereocenters. The van der Waals surface area contributed by atoms with Gasteiger partial charge in [-0.1, -0.05) is 23.7 Å². The molecule has 1 heterocycles. The Morgan fingerprint density at radius 3 is 2.40 bits per heavy atom. The lowest BCUT2D eigenvalue weighted by Gasteiger charge is -2.35. The fraction of sp³-hybridized carbons (Fsp3) is 0.278. The topological polar surface area (TPSA) is 88.3 Å². The largest absolute Gasteiger partial charge is 0.398 e. The second-order valence-corrected chi connectivity index (χ2v) is 6.99. The van der Waals surface area contributed by atoms with Crippen LogP contribution in [0.3, 0.4) is 0 Å². The van der Waals surface area contributed by atoms with Crippen LogP contribution in [0.15, 0.2) is 36.5 Å². The lowest BCUT2D eigenvalue weighted by Crippen LogP contribution is -2.56. The summed E-state index contributed by atoms with van der Waals surface area (Å²) in [5.41, 5.74) is 9.61. The average Bonchev–Trinajstić information content (AvgIpc) is 2.53. The lowest BCUT2D eigenvalue weighted by molar-refractivity contribution is 0.0358. The predicted octanol–water partition coefficient (Wildman–Crippen LogP) is 3.21. The van der Waals surface area contributed by atoms with Crippen LogP contribution in [-0.4, -0.2) is 27.3 Å². The molecule has 2 rings (SSSR count). The number of nitrogen functional groups attached to an aromatic ring is 1. The number of carbonyl (C=O) groups is 2. The summed E-state index contributed by atoms with van der Waals surface area (Å²) >= 11 is 6.02. The molecule has 0 unspecified atom stereocenters. The number of nitrogens with two attached hydrogens (primary N) is 1. The van der Waals surface area contributed by atoms with E-state index in [1.54, 1.807) is 45.0 Å². The van der Waals surface area contributed by atoms with Crippen LogP contribution >= 0.6 is 11.6 Å². The SMILES string of the molecule is Cc1cccc(C(=O)NN(C(=O)c2cccnc2Cl)C(C)(C)C)c1N. The van der Waals surface area contributed by atoms with E-state index in [2.05, 4.69) is 10.4 Å². The first-order chi connectivity index (χ1) is 11.6. The molecule has 0 bridgehead atoms. The summed E-state index contributed by atoms with van der Waals surface area (Å²) in [6.45, 7) is 7.22. The molecular formula is C18H21ClN4O2. The third kappa shape index (κ3) is 4.09. The highest BCUT2D eigenvalue weighted by Crippen LogP contribution is 2.21. The summed E-state index contributed by atoms with van der Waals surface area (Å²) in [6.07, 6.45) is 1.49. The van der Waals surface area contributed by atoms with Crippen molar-refractivity contribution in [2.24, 2.45) is 0 Å². The standard InChI is InChI=1S/C18H21ClN4O2/c1-11-7-5-8-12(14(11)20)16(24)22-23(18(2,3)4)17(25)13-9-6-10-21-15(13)19/h5-10H,20H2,1-4H3,(H,22,24). The van der Waals surface area contributed by atoms with Gasteiger partial charge in [0.2, 0.25) is 0 Å². The zero-order valence-corrected chi connectivity index (χ0v) is 15.4. The van der Waals surface area contributed by atoms with Crippen LogP contribution in [0.1, 0.15) is 47.1 Å². The van der Waals surface area contributed by atoms with Gasteiger partial charge in [0.05, 0.1) is 16.7 Å². The van der Waals surface area contributed by atoms with Gasteiger partial charge in [-0.05, 0) is 51.5 Å². The minimum absolute atomic E-state index is 0.0751. The number of aromatic nitrogens is 1. The Morgan fingerprint density at radius 1 is 1.16 bits per heavy atom. The smallest absolute Gasteiger partial charge is 0.275 e. The van der Waals surface area contributed by atoms with Gasteiger partial charge >= 0.3 is 0 Å².